The molecule has 1 unspecified atom stereocenters. The average Bonchev–Trinajstić information content (AvgIpc) is 2.79. The Bertz CT molecular complexity index is 1210. The van der Waals surface area contributed by atoms with Gasteiger partial charge in [-0.15, -0.1) is 0 Å². The lowest BCUT2D eigenvalue weighted by Crippen LogP contribution is -2.29. The van der Waals surface area contributed by atoms with E-state index in [9.17, 15) is 14.4 Å². The van der Waals surface area contributed by atoms with Crippen molar-refractivity contribution in [3.8, 4) is 5.75 Å². The lowest BCUT2D eigenvalue weighted by molar-refractivity contribution is 0.0963. The van der Waals surface area contributed by atoms with E-state index >= 15 is 0 Å². The van der Waals surface area contributed by atoms with Crippen molar-refractivity contribution in [2.24, 2.45) is 0 Å². The van der Waals surface area contributed by atoms with Crippen LogP contribution in [-0.4, -0.2) is 23.8 Å². The molecule has 2 aromatic carbocycles. The molecule has 6 heteroatoms. The summed E-state index contributed by atoms with van der Waals surface area (Å²) in [6.07, 6.45) is 0.851. The van der Waals surface area contributed by atoms with E-state index in [1.54, 1.807) is 7.11 Å². The minimum atomic E-state index is -0.531. The zero-order chi connectivity index (χ0) is 22.8. The predicted octanol–water partition coefficient (Wildman–Crippen LogP) is 4.67. The van der Waals surface area contributed by atoms with Crippen LogP contribution in [-0.2, 0) is 6.42 Å². The summed E-state index contributed by atoms with van der Waals surface area (Å²) in [5.41, 5.74) is 3.20. The Morgan fingerprint density at radius 2 is 1.72 bits per heavy atom. The van der Waals surface area contributed by atoms with E-state index in [1.165, 1.54) is 6.07 Å². The Labute approximate surface area is 186 Å². The number of ketones is 1. The van der Waals surface area contributed by atoms with Crippen LogP contribution in [0.15, 0.2) is 59.4 Å². The fourth-order valence-corrected chi connectivity index (χ4v) is 4.06. The molecule has 1 aliphatic carbocycles. The number of hydrogen-bond donors (Lipinski definition) is 2. The van der Waals surface area contributed by atoms with Crippen molar-refractivity contribution >= 4 is 17.4 Å². The fourth-order valence-electron chi connectivity index (χ4n) is 4.06. The number of nitrogens with one attached hydrogen (secondary N) is 2. The molecular formula is C26H26N2O4. The van der Waals surface area contributed by atoms with Crippen molar-refractivity contribution in [2.75, 3.05) is 12.4 Å². The van der Waals surface area contributed by atoms with Gasteiger partial charge in [0.1, 0.15) is 11.3 Å². The first-order valence-electron chi connectivity index (χ1n) is 10.7. The van der Waals surface area contributed by atoms with E-state index in [4.69, 9.17) is 4.74 Å². The van der Waals surface area contributed by atoms with Gasteiger partial charge in [0, 0.05) is 23.4 Å². The second kappa shape index (κ2) is 8.83. The lowest BCUT2D eigenvalue weighted by Gasteiger charge is -2.24. The van der Waals surface area contributed by atoms with Crippen molar-refractivity contribution in [1.82, 2.24) is 4.98 Å². The number of methoxy groups -OCH3 is 1. The number of pyridine rings is 1. The lowest BCUT2D eigenvalue weighted by atomic mass is 9.81. The van der Waals surface area contributed by atoms with Gasteiger partial charge in [-0.1, -0.05) is 38.1 Å². The van der Waals surface area contributed by atoms with Gasteiger partial charge < -0.3 is 15.0 Å². The van der Waals surface area contributed by atoms with Crippen LogP contribution >= 0.6 is 0 Å². The van der Waals surface area contributed by atoms with Crippen LogP contribution in [0.4, 0.5) is 5.69 Å². The van der Waals surface area contributed by atoms with Gasteiger partial charge in [0.05, 0.1) is 7.11 Å². The third kappa shape index (κ3) is 4.35. The molecule has 2 N–H and O–H groups in total. The number of anilines is 1. The molecule has 1 aromatic heterocycles. The number of H-pyrrole nitrogens is 1. The summed E-state index contributed by atoms with van der Waals surface area (Å²) in [7, 11) is 1.61. The van der Waals surface area contributed by atoms with Gasteiger partial charge in [0.2, 0.25) is 0 Å². The Hall–Kier alpha value is -3.67. The number of aromatic nitrogens is 1. The van der Waals surface area contributed by atoms with Gasteiger partial charge in [0.25, 0.3) is 11.5 Å². The molecule has 1 amide bonds. The molecule has 1 heterocycles. The molecule has 4 rings (SSSR count). The fraction of sp³-hybridized carbons (Fsp3) is 0.269. The highest BCUT2D eigenvalue weighted by atomic mass is 16.5. The number of benzene rings is 2. The third-order valence-corrected chi connectivity index (χ3v) is 5.97. The molecular weight excluding hydrogens is 404 g/mol. The van der Waals surface area contributed by atoms with Crippen LogP contribution in [0.2, 0.25) is 0 Å². The smallest absolute Gasteiger partial charge is 0.261 e. The molecule has 0 saturated carbocycles. The second-order valence-corrected chi connectivity index (χ2v) is 8.44. The minimum Gasteiger partial charge on any atom is -0.497 e. The largest absolute Gasteiger partial charge is 0.497 e. The van der Waals surface area contributed by atoms with E-state index in [0.717, 1.165) is 16.9 Å². The molecule has 1 aliphatic rings. The summed E-state index contributed by atoms with van der Waals surface area (Å²) in [6, 6.07) is 16.5. The van der Waals surface area contributed by atoms with E-state index in [-0.39, 0.29) is 17.3 Å². The van der Waals surface area contributed by atoms with Gasteiger partial charge >= 0.3 is 0 Å². The number of carbonyl (C=O) groups is 2. The zero-order valence-electron chi connectivity index (χ0n) is 18.4. The SMILES string of the molecule is COc1ccc(C2CC(=O)c3cc(C(=O)Nc4ccc(C(C)C)cc4)c(=O)[nH]c3C2)cc1. The van der Waals surface area contributed by atoms with Crippen LogP contribution in [0.3, 0.4) is 0 Å². The van der Waals surface area contributed by atoms with E-state index in [0.29, 0.717) is 35.7 Å². The number of amides is 1. The number of ether oxygens (including phenoxy) is 1. The Balaban J connectivity index is 1.56. The zero-order valence-corrected chi connectivity index (χ0v) is 18.4. The highest BCUT2D eigenvalue weighted by molar-refractivity contribution is 6.06. The summed E-state index contributed by atoms with van der Waals surface area (Å²) >= 11 is 0. The van der Waals surface area contributed by atoms with Crippen LogP contribution in [0.1, 0.15) is 69.6 Å². The Morgan fingerprint density at radius 1 is 1.03 bits per heavy atom. The molecule has 32 heavy (non-hydrogen) atoms. The van der Waals surface area contributed by atoms with Crippen molar-refractivity contribution in [2.45, 2.75) is 38.5 Å². The van der Waals surface area contributed by atoms with Crippen molar-refractivity contribution in [3.63, 3.8) is 0 Å². The number of aromatic amines is 1. The number of fused-ring (bicyclic) bond motifs is 1. The van der Waals surface area contributed by atoms with Crippen molar-refractivity contribution in [1.29, 1.82) is 0 Å². The molecule has 164 valence electrons. The first-order valence-corrected chi connectivity index (χ1v) is 10.7. The maximum Gasteiger partial charge on any atom is 0.261 e. The number of hydrogen-bond acceptors (Lipinski definition) is 4. The molecule has 0 radical (unpaired) electrons. The second-order valence-electron chi connectivity index (χ2n) is 8.44. The molecule has 3 aromatic rings. The summed E-state index contributed by atoms with van der Waals surface area (Å²) < 4.78 is 5.19. The van der Waals surface area contributed by atoms with E-state index in [1.807, 2.05) is 48.5 Å². The third-order valence-electron chi connectivity index (χ3n) is 5.97. The van der Waals surface area contributed by atoms with Crippen LogP contribution in [0.25, 0.3) is 0 Å². The normalized spacial score (nSPS) is 15.4. The molecule has 1 atom stereocenters. The predicted molar refractivity (Wildman–Crippen MR) is 124 cm³/mol. The minimum absolute atomic E-state index is 0.0318. The number of Topliss-reactive ketones (excluding diaryl/α,β-unsaturated/α-hetero) is 1. The highest BCUT2D eigenvalue weighted by Gasteiger charge is 2.29. The number of carbonyl (C=O) groups excluding carboxylic acids is 2. The topological polar surface area (TPSA) is 88.3 Å². The molecule has 0 bridgehead atoms. The van der Waals surface area contributed by atoms with E-state index in [2.05, 4.69) is 24.1 Å². The maximum absolute atomic E-state index is 12.9. The van der Waals surface area contributed by atoms with Gasteiger partial charge in [-0.3, -0.25) is 14.4 Å². The van der Waals surface area contributed by atoms with Gasteiger partial charge in [0.15, 0.2) is 5.78 Å². The highest BCUT2D eigenvalue weighted by Crippen LogP contribution is 2.32. The van der Waals surface area contributed by atoms with Crippen LogP contribution < -0.4 is 15.6 Å². The van der Waals surface area contributed by atoms with Crippen molar-refractivity contribution in [3.05, 3.63) is 92.9 Å². The molecule has 6 nitrogen and oxygen atoms in total. The molecule has 0 aliphatic heterocycles. The molecule has 0 fully saturated rings. The standard InChI is InChI=1S/C26H26N2O4/c1-15(2)16-4-8-19(9-5-16)27-25(30)22-14-21-23(28-26(22)31)12-18(13-24(21)29)17-6-10-20(32-3)11-7-17/h4-11,14-15,18H,12-13H2,1-3H3,(H,27,30)(H,28,31). The first kappa shape index (κ1) is 21.6. The van der Waals surface area contributed by atoms with Crippen LogP contribution in [0.5, 0.6) is 5.75 Å². The Morgan fingerprint density at radius 3 is 2.34 bits per heavy atom. The monoisotopic (exact) mass is 430 g/mol. The maximum atomic E-state index is 12.9. The van der Waals surface area contributed by atoms with Crippen LogP contribution in [0, 0.1) is 0 Å². The molecule has 0 saturated heterocycles. The summed E-state index contributed by atoms with van der Waals surface area (Å²) in [6.45, 7) is 4.19. The summed E-state index contributed by atoms with van der Waals surface area (Å²) in [5, 5.41) is 2.75. The quantitative estimate of drug-likeness (QED) is 0.616. The number of rotatable bonds is 5. The van der Waals surface area contributed by atoms with Gasteiger partial charge in [-0.25, -0.2) is 0 Å². The summed E-state index contributed by atoms with van der Waals surface area (Å²) in [5.74, 6) is 0.487. The van der Waals surface area contributed by atoms with Crippen molar-refractivity contribution < 1.29 is 14.3 Å². The first-order chi connectivity index (χ1) is 15.4. The van der Waals surface area contributed by atoms with E-state index < -0.39 is 11.5 Å². The summed E-state index contributed by atoms with van der Waals surface area (Å²) in [4.78, 5) is 41.0. The van der Waals surface area contributed by atoms with Gasteiger partial charge in [-0.05, 0) is 59.7 Å². The van der Waals surface area contributed by atoms with Gasteiger partial charge in [-0.2, -0.15) is 0 Å². The average molecular weight is 431 g/mol. The molecule has 0 spiro atoms. The Kier molecular flexibility index (Phi) is 5.95.